The maximum Gasteiger partial charge on any atom is 0.336 e. The fourth-order valence-electron chi connectivity index (χ4n) is 2.62. The van der Waals surface area contributed by atoms with Crippen molar-refractivity contribution >= 4 is 5.97 Å². The van der Waals surface area contributed by atoms with E-state index in [0.29, 0.717) is 11.4 Å². The number of nitrogens with zero attached hydrogens (tertiary/aromatic N) is 2. The molecule has 0 unspecified atom stereocenters. The van der Waals surface area contributed by atoms with Crippen LogP contribution in [-0.2, 0) is 0 Å². The topological polar surface area (TPSA) is 55.1 Å². The van der Waals surface area contributed by atoms with E-state index < -0.39 is 5.97 Å². The fraction of sp³-hybridized carbons (Fsp3) is 0.111. The maximum atomic E-state index is 11.6. The summed E-state index contributed by atoms with van der Waals surface area (Å²) in [5.41, 5.74) is 3.77. The van der Waals surface area contributed by atoms with Crippen molar-refractivity contribution in [2.45, 2.75) is 13.8 Å². The highest BCUT2D eigenvalue weighted by Gasteiger charge is 2.15. The predicted molar refractivity (Wildman–Crippen MR) is 85.4 cm³/mol. The van der Waals surface area contributed by atoms with Gasteiger partial charge in [-0.3, -0.25) is 0 Å². The number of carbonyl (C=O) groups is 1. The van der Waals surface area contributed by atoms with E-state index in [-0.39, 0.29) is 5.56 Å². The molecule has 0 saturated carbocycles. The van der Waals surface area contributed by atoms with Crippen LogP contribution in [-0.4, -0.2) is 20.6 Å². The molecule has 0 fully saturated rings. The van der Waals surface area contributed by atoms with E-state index in [4.69, 9.17) is 0 Å². The highest BCUT2D eigenvalue weighted by molar-refractivity contribution is 5.96. The summed E-state index contributed by atoms with van der Waals surface area (Å²) in [6, 6.07) is 15.0. The Morgan fingerprint density at radius 3 is 2.27 bits per heavy atom. The maximum absolute atomic E-state index is 11.6. The number of aromatic nitrogens is 2. The number of pyridine rings is 1. The van der Waals surface area contributed by atoms with Gasteiger partial charge in [-0.2, -0.15) is 0 Å². The Balaban J connectivity index is 2.19. The third-order valence-electron chi connectivity index (χ3n) is 3.70. The van der Waals surface area contributed by atoms with Crippen LogP contribution in [0, 0.1) is 13.8 Å². The van der Waals surface area contributed by atoms with E-state index in [1.165, 1.54) is 0 Å². The Morgan fingerprint density at radius 1 is 1.05 bits per heavy atom. The molecule has 0 bridgehead atoms. The van der Waals surface area contributed by atoms with Gasteiger partial charge in [0.05, 0.1) is 5.56 Å². The second-order valence-electron chi connectivity index (χ2n) is 5.21. The predicted octanol–water partition coefficient (Wildman–Crippen LogP) is 3.85. The van der Waals surface area contributed by atoms with Crippen molar-refractivity contribution in [1.82, 2.24) is 9.55 Å². The van der Waals surface area contributed by atoms with Gasteiger partial charge in [-0.25, -0.2) is 9.78 Å². The van der Waals surface area contributed by atoms with Crippen LogP contribution >= 0.6 is 0 Å². The molecule has 0 spiro atoms. The van der Waals surface area contributed by atoms with E-state index in [2.05, 4.69) is 4.98 Å². The lowest BCUT2D eigenvalue weighted by atomic mass is 10.0. The number of aryl methyl sites for hydroxylation is 2. The summed E-state index contributed by atoms with van der Waals surface area (Å²) >= 11 is 0. The smallest absolute Gasteiger partial charge is 0.336 e. The minimum Gasteiger partial charge on any atom is -0.478 e. The molecule has 0 amide bonds. The summed E-state index contributed by atoms with van der Waals surface area (Å²) in [5.74, 6) is -0.331. The molecule has 3 aromatic rings. The van der Waals surface area contributed by atoms with E-state index in [1.807, 2.05) is 60.9 Å². The first-order chi connectivity index (χ1) is 10.6. The Labute approximate surface area is 128 Å². The van der Waals surface area contributed by atoms with Crippen LogP contribution in [0.2, 0.25) is 0 Å². The standard InChI is InChI=1S/C18H16N2O2/c1-12-8-9-13(2)20(12)17-10-15(18(21)22)16(11-19-17)14-6-4-3-5-7-14/h3-11H,1-2H3,(H,21,22). The molecule has 4 heteroatoms. The fourth-order valence-corrected chi connectivity index (χ4v) is 2.62. The Bertz CT molecular complexity index is 816. The van der Waals surface area contributed by atoms with Crippen LogP contribution in [0.4, 0.5) is 0 Å². The zero-order valence-corrected chi connectivity index (χ0v) is 12.4. The lowest BCUT2D eigenvalue weighted by molar-refractivity contribution is 0.0697. The minimum atomic E-state index is -0.954. The van der Waals surface area contributed by atoms with Crippen LogP contribution in [0.3, 0.4) is 0 Å². The molecule has 0 aliphatic carbocycles. The summed E-state index contributed by atoms with van der Waals surface area (Å²) in [7, 11) is 0. The Kier molecular flexibility index (Phi) is 3.51. The van der Waals surface area contributed by atoms with Gasteiger partial charge in [-0.05, 0) is 37.6 Å². The summed E-state index contributed by atoms with van der Waals surface area (Å²) in [5, 5.41) is 9.55. The molecule has 0 aliphatic rings. The lowest BCUT2D eigenvalue weighted by Gasteiger charge is -2.12. The first kappa shape index (κ1) is 14.1. The van der Waals surface area contributed by atoms with Gasteiger partial charge < -0.3 is 9.67 Å². The number of carboxylic acids is 1. The quantitative estimate of drug-likeness (QED) is 0.797. The van der Waals surface area contributed by atoms with Gasteiger partial charge in [0.2, 0.25) is 0 Å². The van der Waals surface area contributed by atoms with Crippen molar-refractivity contribution in [3.8, 4) is 16.9 Å². The van der Waals surface area contributed by atoms with Gasteiger partial charge in [-0.15, -0.1) is 0 Å². The first-order valence-electron chi connectivity index (χ1n) is 7.02. The summed E-state index contributed by atoms with van der Waals surface area (Å²) in [6.45, 7) is 3.94. The number of hydrogen-bond acceptors (Lipinski definition) is 2. The lowest BCUT2D eigenvalue weighted by Crippen LogP contribution is -2.07. The molecule has 1 aromatic carbocycles. The molecule has 2 heterocycles. The molecular formula is C18H16N2O2. The van der Waals surface area contributed by atoms with Crippen LogP contribution < -0.4 is 0 Å². The molecule has 3 rings (SSSR count). The second-order valence-corrected chi connectivity index (χ2v) is 5.21. The average molecular weight is 292 g/mol. The number of hydrogen-bond donors (Lipinski definition) is 1. The average Bonchev–Trinajstić information content (AvgIpc) is 2.86. The van der Waals surface area contributed by atoms with E-state index in [0.717, 1.165) is 17.0 Å². The van der Waals surface area contributed by atoms with Gasteiger partial charge in [0.1, 0.15) is 5.82 Å². The molecule has 22 heavy (non-hydrogen) atoms. The van der Waals surface area contributed by atoms with Crippen molar-refractivity contribution in [3.05, 3.63) is 71.7 Å². The monoisotopic (exact) mass is 292 g/mol. The third kappa shape index (κ3) is 2.39. The molecule has 0 saturated heterocycles. The number of aromatic carboxylic acids is 1. The minimum absolute atomic E-state index is 0.253. The van der Waals surface area contributed by atoms with Crippen LogP contribution in [0.5, 0.6) is 0 Å². The van der Waals surface area contributed by atoms with Crippen molar-refractivity contribution in [2.24, 2.45) is 0 Å². The molecule has 0 atom stereocenters. The number of rotatable bonds is 3. The van der Waals surface area contributed by atoms with Gasteiger partial charge >= 0.3 is 5.97 Å². The van der Waals surface area contributed by atoms with E-state index in [1.54, 1.807) is 12.3 Å². The van der Waals surface area contributed by atoms with Crippen molar-refractivity contribution in [3.63, 3.8) is 0 Å². The van der Waals surface area contributed by atoms with Crippen molar-refractivity contribution in [1.29, 1.82) is 0 Å². The molecular weight excluding hydrogens is 276 g/mol. The Hall–Kier alpha value is -2.88. The van der Waals surface area contributed by atoms with Crippen molar-refractivity contribution in [2.75, 3.05) is 0 Å². The number of carboxylic acid groups (broad SMARTS) is 1. The van der Waals surface area contributed by atoms with Crippen LogP contribution in [0.1, 0.15) is 21.7 Å². The zero-order valence-electron chi connectivity index (χ0n) is 12.4. The molecule has 1 N–H and O–H groups in total. The molecule has 110 valence electrons. The highest BCUT2D eigenvalue weighted by atomic mass is 16.4. The highest BCUT2D eigenvalue weighted by Crippen LogP contribution is 2.25. The van der Waals surface area contributed by atoms with Crippen LogP contribution in [0.25, 0.3) is 16.9 Å². The first-order valence-corrected chi connectivity index (χ1v) is 7.02. The normalized spacial score (nSPS) is 10.6. The van der Waals surface area contributed by atoms with Crippen LogP contribution in [0.15, 0.2) is 54.7 Å². The van der Waals surface area contributed by atoms with Gasteiger partial charge in [-0.1, -0.05) is 30.3 Å². The molecule has 2 aromatic heterocycles. The second kappa shape index (κ2) is 5.48. The number of benzene rings is 1. The SMILES string of the molecule is Cc1ccc(C)n1-c1cc(C(=O)O)c(-c2ccccc2)cn1. The molecule has 0 radical (unpaired) electrons. The third-order valence-corrected chi connectivity index (χ3v) is 3.70. The zero-order chi connectivity index (χ0) is 15.7. The van der Waals surface area contributed by atoms with Gasteiger partial charge in [0, 0.05) is 23.1 Å². The van der Waals surface area contributed by atoms with Gasteiger partial charge in [0.25, 0.3) is 0 Å². The largest absolute Gasteiger partial charge is 0.478 e. The summed E-state index contributed by atoms with van der Waals surface area (Å²) in [6.07, 6.45) is 1.63. The van der Waals surface area contributed by atoms with Crippen molar-refractivity contribution < 1.29 is 9.90 Å². The molecule has 4 nitrogen and oxygen atoms in total. The Morgan fingerprint density at radius 2 is 1.68 bits per heavy atom. The summed E-state index contributed by atoms with van der Waals surface area (Å²) in [4.78, 5) is 16.1. The van der Waals surface area contributed by atoms with E-state index in [9.17, 15) is 9.90 Å². The summed E-state index contributed by atoms with van der Waals surface area (Å²) < 4.78 is 1.95. The molecule has 0 aliphatic heterocycles. The van der Waals surface area contributed by atoms with E-state index >= 15 is 0 Å². The van der Waals surface area contributed by atoms with Gasteiger partial charge in [0.15, 0.2) is 0 Å².